The van der Waals surface area contributed by atoms with Gasteiger partial charge >= 0.3 is 6.03 Å². The molecule has 2 amide bonds. The number of methoxy groups -OCH3 is 2. The Morgan fingerprint density at radius 3 is 1.67 bits per heavy atom. The van der Waals surface area contributed by atoms with Gasteiger partial charge < -0.3 is 9.47 Å². The molecule has 0 fully saturated rings. The molecule has 0 aliphatic carbocycles. The van der Waals surface area contributed by atoms with Crippen molar-refractivity contribution in [3.63, 3.8) is 0 Å². The van der Waals surface area contributed by atoms with E-state index in [0.717, 1.165) is 11.1 Å². The molecule has 0 radical (unpaired) electrons. The minimum Gasteiger partial charge on any atom is -0.496 e. The lowest BCUT2D eigenvalue weighted by Crippen LogP contribution is -2.28. The molecule has 0 saturated heterocycles. The lowest BCUT2D eigenvalue weighted by atomic mass is 10.2. The molecule has 7 heteroatoms. The van der Waals surface area contributed by atoms with Crippen LogP contribution in [0.2, 0.25) is 0 Å². The van der Waals surface area contributed by atoms with E-state index in [0.29, 0.717) is 11.5 Å². The van der Waals surface area contributed by atoms with Gasteiger partial charge in [0.05, 0.1) is 26.6 Å². The number of hydrogen-bond donors (Lipinski definition) is 2. The molecule has 24 heavy (non-hydrogen) atoms. The molecule has 0 atom stereocenters. The second kappa shape index (κ2) is 8.94. The third kappa shape index (κ3) is 4.84. The molecule has 2 aromatic carbocycles. The molecule has 0 unspecified atom stereocenters. The van der Waals surface area contributed by atoms with Crippen molar-refractivity contribution < 1.29 is 14.3 Å². The predicted octanol–water partition coefficient (Wildman–Crippen LogP) is 2.37. The van der Waals surface area contributed by atoms with Gasteiger partial charge in [0.15, 0.2) is 0 Å². The number of amides is 2. The third-order valence-electron chi connectivity index (χ3n) is 3.02. The van der Waals surface area contributed by atoms with Gasteiger partial charge in [0.2, 0.25) is 0 Å². The summed E-state index contributed by atoms with van der Waals surface area (Å²) in [4.78, 5) is 11.6. The number of nitrogens with zero attached hydrogens (tertiary/aromatic N) is 2. The van der Waals surface area contributed by atoms with Crippen molar-refractivity contribution in [3.8, 4) is 11.5 Å². The monoisotopic (exact) mass is 326 g/mol. The molecule has 124 valence electrons. The molecule has 0 heterocycles. The van der Waals surface area contributed by atoms with Crippen LogP contribution in [0.15, 0.2) is 58.7 Å². The molecule has 0 aliphatic rings. The topological polar surface area (TPSA) is 84.3 Å². The second-order valence-electron chi connectivity index (χ2n) is 4.55. The van der Waals surface area contributed by atoms with Crippen LogP contribution in [0.5, 0.6) is 11.5 Å². The number of urea groups is 1. The Morgan fingerprint density at radius 2 is 1.25 bits per heavy atom. The van der Waals surface area contributed by atoms with Crippen LogP contribution < -0.4 is 20.3 Å². The molecular formula is C17H18N4O3. The van der Waals surface area contributed by atoms with Gasteiger partial charge in [-0.05, 0) is 24.3 Å². The largest absolute Gasteiger partial charge is 0.496 e. The number of benzene rings is 2. The number of para-hydroxylation sites is 2. The first-order chi connectivity index (χ1) is 11.7. The molecule has 2 aromatic rings. The molecule has 0 spiro atoms. The summed E-state index contributed by atoms with van der Waals surface area (Å²) in [6.07, 6.45) is 2.98. The zero-order chi connectivity index (χ0) is 17.2. The molecule has 2 N–H and O–H groups in total. The summed E-state index contributed by atoms with van der Waals surface area (Å²) in [5, 5.41) is 7.69. The van der Waals surface area contributed by atoms with E-state index in [1.54, 1.807) is 26.4 Å². The van der Waals surface area contributed by atoms with E-state index in [9.17, 15) is 4.79 Å². The minimum atomic E-state index is -0.563. The van der Waals surface area contributed by atoms with E-state index < -0.39 is 6.03 Å². The van der Waals surface area contributed by atoms with Crippen LogP contribution in [0, 0.1) is 0 Å². The lowest BCUT2D eigenvalue weighted by molar-refractivity contribution is 0.242. The predicted molar refractivity (Wildman–Crippen MR) is 92.8 cm³/mol. The zero-order valence-corrected chi connectivity index (χ0v) is 13.4. The van der Waals surface area contributed by atoms with Crippen LogP contribution in [-0.2, 0) is 0 Å². The van der Waals surface area contributed by atoms with Gasteiger partial charge in [-0.25, -0.2) is 15.6 Å². The highest BCUT2D eigenvalue weighted by atomic mass is 16.5. The van der Waals surface area contributed by atoms with E-state index >= 15 is 0 Å². The van der Waals surface area contributed by atoms with E-state index in [1.165, 1.54) is 12.4 Å². The highest BCUT2D eigenvalue weighted by Gasteiger charge is 2.00. The molecule has 0 saturated carbocycles. The number of ether oxygens (including phenoxy) is 2. The molecule has 2 rings (SSSR count). The standard InChI is InChI=1S/C17H18N4O3/c1-23-15-9-5-3-7-13(15)11-18-20-17(22)21-19-12-14-8-4-6-10-16(14)24-2/h3-12H,1-2H3,(H2,20,21,22)/b18-11+,19-12+. The van der Waals surface area contributed by atoms with Gasteiger partial charge in [0.25, 0.3) is 0 Å². The van der Waals surface area contributed by atoms with Crippen molar-refractivity contribution in [3.05, 3.63) is 59.7 Å². The van der Waals surface area contributed by atoms with Crippen molar-refractivity contribution in [2.45, 2.75) is 0 Å². The highest BCUT2D eigenvalue weighted by molar-refractivity contribution is 5.86. The third-order valence-corrected chi connectivity index (χ3v) is 3.02. The maximum atomic E-state index is 11.6. The fraction of sp³-hybridized carbons (Fsp3) is 0.118. The molecule has 7 nitrogen and oxygen atoms in total. The zero-order valence-electron chi connectivity index (χ0n) is 13.4. The van der Waals surface area contributed by atoms with Crippen molar-refractivity contribution in [1.82, 2.24) is 10.9 Å². The Labute approximate surface area is 140 Å². The number of carbonyl (C=O) groups is 1. The number of nitrogens with one attached hydrogen (secondary N) is 2. The fourth-order valence-electron chi connectivity index (χ4n) is 1.89. The van der Waals surface area contributed by atoms with Gasteiger partial charge in [-0.3, -0.25) is 0 Å². The van der Waals surface area contributed by atoms with Crippen LogP contribution in [0.25, 0.3) is 0 Å². The van der Waals surface area contributed by atoms with Crippen LogP contribution in [0.3, 0.4) is 0 Å². The Balaban J connectivity index is 1.87. The molecule has 0 aliphatic heterocycles. The number of hydrazone groups is 2. The van der Waals surface area contributed by atoms with Crippen molar-refractivity contribution >= 4 is 18.5 Å². The SMILES string of the molecule is COc1ccccc1/C=N/NC(=O)N/N=C/c1ccccc1OC. The van der Waals surface area contributed by atoms with Crippen LogP contribution in [-0.4, -0.2) is 32.7 Å². The average Bonchev–Trinajstić information content (AvgIpc) is 2.62. The summed E-state index contributed by atoms with van der Waals surface area (Å²) in [5.41, 5.74) is 6.13. The maximum absolute atomic E-state index is 11.6. The van der Waals surface area contributed by atoms with Crippen molar-refractivity contribution in [2.75, 3.05) is 14.2 Å². The Kier molecular flexibility index (Phi) is 6.34. The summed E-state index contributed by atoms with van der Waals surface area (Å²) in [7, 11) is 3.14. The smallest absolute Gasteiger partial charge is 0.355 e. The van der Waals surface area contributed by atoms with Gasteiger partial charge in [0.1, 0.15) is 11.5 Å². The number of hydrogen-bond acceptors (Lipinski definition) is 5. The van der Waals surface area contributed by atoms with E-state index in [1.807, 2.05) is 36.4 Å². The highest BCUT2D eigenvalue weighted by Crippen LogP contribution is 2.15. The van der Waals surface area contributed by atoms with E-state index in [4.69, 9.17) is 9.47 Å². The van der Waals surface area contributed by atoms with Gasteiger partial charge in [0, 0.05) is 11.1 Å². The second-order valence-corrected chi connectivity index (χ2v) is 4.55. The van der Waals surface area contributed by atoms with Crippen molar-refractivity contribution in [2.24, 2.45) is 10.2 Å². The average molecular weight is 326 g/mol. The normalized spacial score (nSPS) is 10.8. The first-order valence-corrected chi connectivity index (χ1v) is 7.12. The molecule has 0 bridgehead atoms. The molecular weight excluding hydrogens is 308 g/mol. The summed E-state index contributed by atoms with van der Waals surface area (Å²) in [6, 6.07) is 14.1. The summed E-state index contributed by atoms with van der Waals surface area (Å²) < 4.78 is 10.4. The Bertz CT molecular complexity index is 683. The van der Waals surface area contributed by atoms with Gasteiger partial charge in [-0.1, -0.05) is 24.3 Å². The molecule has 0 aromatic heterocycles. The number of carbonyl (C=O) groups excluding carboxylic acids is 1. The van der Waals surface area contributed by atoms with E-state index in [2.05, 4.69) is 21.1 Å². The summed E-state index contributed by atoms with van der Waals surface area (Å²) in [5.74, 6) is 1.33. The van der Waals surface area contributed by atoms with Crippen LogP contribution in [0.1, 0.15) is 11.1 Å². The van der Waals surface area contributed by atoms with Crippen molar-refractivity contribution in [1.29, 1.82) is 0 Å². The Morgan fingerprint density at radius 1 is 0.833 bits per heavy atom. The lowest BCUT2D eigenvalue weighted by Gasteiger charge is -2.03. The van der Waals surface area contributed by atoms with E-state index in [-0.39, 0.29) is 0 Å². The fourth-order valence-corrected chi connectivity index (χ4v) is 1.89. The minimum absolute atomic E-state index is 0.563. The van der Waals surface area contributed by atoms with Crippen LogP contribution in [0.4, 0.5) is 4.79 Å². The summed E-state index contributed by atoms with van der Waals surface area (Å²) in [6.45, 7) is 0. The first-order valence-electron chi connectivity index (χ1n) is 7.12. The first kappa shape index (κ1) is 17.0. The maximum Gasteiger partial charge on any atom is 0.355 e. The quantitative estimate of drug-likeness (QED) is 0.631. The van der Waals surface area contributed by atoms with Crippen LogP contribution >= 0.6 is 0 Å². The summed E-state index contributed by atoms with van der Waals surface area (Å²) >= 11 is 0. The van der Waals surface area contributed by atoms with Gasteiger partial charge in [-0.2, -0.15) is 10.2 Å². The Hall–Kier alpha value is -3.35. The number of rotatable bonds is 6. The van der Waals surface area contributed by atoms with Gasteiger partial charge in [-0.15, -0.1) is 0 Å².